The number of rotatable bonds is 6. The van der Waals surface area contributed by atoms with Crippen molar-refractivity contribution in [2.45, 2.75) is 13.5 Å². The van der Waals surface area contributed by atoms with Crippen LogP contribution in [0.3, 0.4) is 0 Å². The average Bonchev–Trinajstić information content (AvgIpc) is 3.13. The number of methoxy groups -OCH3 is 1. The molecule has 1 heterocycles. The molecule has 0 unspecified atom stereocenters. The van der Waals surface area contributed by atoms with Gasteiger partial charge in [-0.1, -0.05) is 54.6 Å². The van der Waals surface area contributed by atoms with E-state index < -0.39 is 5.97 Å². The number of carbonyl (C=O) groups excluding carboxylic acids is 1. The zero-order valence-electron chi connectivity index (χ0n) is 16.8. The Kier molecular flexibility index (Phi) is 5.61. The molecule has 150 valence electrons. The van der Waals surface area contributed by atoms with Crippen molar-refractivity contribution in [3.63, 3.8) is 0 Å². The maximum Gasteiger partial charge on any atom is 0.363 e. The Bertz CT molecular complexity index is 1130. The first-order valence-corrected chi connectivity index (χ1v) is 9.57. The molecule has 0 bridgehead atoms. The second-order valence-corrected chi connectivity index (χ2v) is 6.84. The highest BCUT2D eigenvalue weighted by molar-refractivity contribution is 6.13. The molecule has 5 nitrogen and oxygen atoms in total. The van der Waals surface area contributed by atoms with E-state index in [9.17, 15) is 4.79 Å². The molecule has 1 aliphatic rings. The number of esters is 1. The molecular weight excluding hydrogens is 378 g/mol. The predicted octanol–water partition coefficient (Wildman–Crippen LogP) is 4.93. The second-order valence-electron chi connectivity index (χ2n) is 6.84. The van der Waals surface area contributed by atoms with Crippen LogP contribution in [0.5, 0.6) is 11.5 Å². The highest BCUT2D eigenvalue weighted by Crippen LogP contribution is 2.30. The van der Waals surface area contributed by atoms with Crippen LogP contribution in [0.1, 0.15) is 22.3 Å². The fourth-order valence-corrected chi connectivity index (χ4v) is 3.13. The minimum atomic E-state index is -0.476. The first kappa shape index (κ1) is 19.5. The van der Waals surface area contributed by atoms with Crippen LogP contribution in [0.4, 0.5) is 0 Å². The molecule has 0 saturated carbocycles. The fraction of sp³-hybridized carbons (Fsp3) is 0.120. The van der Waals surface area contributed by atoms with Gasteiger partial charge in [0.1, 0.15) is 6.61 Å². The van der Waals surface area contributed by atoms with Gasteiger partial charge in [0.05, 0.1) is 7.11 Å². The second kappa shape index (κ2) is 8.66. The number of carbonyl (C=O) groups is 1. The molecule has 30 heavy (non-hydrogen) atoms. The van der Waals surface area contributed by atoms with Gasteiger partial charge in [-0.15, -0.1) is 0 Å². The largest absolute Gasteiger partial charge is 0.493 e. The molecule has 5 heteroatoms. The molecule has 0 radical (unpaired) electrons. The van der Waals surface area contributed by atoms with Crippen molar-refractivity contribution in [2.75, 3.05) is 7.11 Å². The fourth-order valence-electron chi connectivity index (χ4n) is 3.13. The molecule has 4 rings (SSSR count). The van der Waals surface area contributed by atoms with Crippen LogP contribution in [-0.4, -0.2) is 19.0 Å². The number of benzene rings is 3. The van der Waals surface area contributed by atoms with Crippen molar-refractivity contribution in [3.8, 4) is 11.5 Å². The van der Waals surface area contributed by atoms with Crippen LogP contribution < -0.4 is 9.47 Å². The van der Waals surface area contributed by atoms with Crippen molar-refractivity contribution in [2.24, 2.45) is 4.99 Å². The lowest BCUT2D eigenvalue weighted by Crippen LogP contribution is -2.06. The number of cyclic esters (lactones) is 1. The zero-order chi connectivity index (χ0) is 20.9. The molecule has 0 atom stereocenters. The third-order valence-corrected chi connectivity index (χ3v) is 4.72. The SMILES string of the molecule is COc1ccc(/C=C2\N=C(c3ccccc3C)OC2=O)cc1OCc1ccccc1. The van der Waals surface area contributed by atoms with Gasteiger partial charge < -0.3 is 14.2 Å². The summed E-state index contributed by atoms with van der Waals surface area (Å²) in [5, 5.41) is 0. The third-order valence-electron chi connectivity index (χ3n) is 4.72. The van der Waals surface area contributed by atoms with E-state index in [2.05, 4.69) is 4.99 Å². The monoisotopic (exact) mass is 399 g/mol. The number of nitrogens with zero attached hydrogens (tertiary/aromatic N) is 1. The Morgan fingerprint density at radius 3 is 2.50 bits per heavy atom. The maximum absolute atomic E-state index is 12.3. The highest BCUT2D eigenvalue weighted by Gasteiger charge is 2.25. The highest BCUT2D eigenvalue weighted by atomic mass is 16.6. The number of aryl methyl sites for hydroxylation is 1. The molecule has 0 N–H and O–H groups in total. The maximum atomic E-state index is 12.3. The van der Waals surface area contributed by atoms with E-state index in [1.54, 1.807) is 19.3 Å². The lowest BCUT2D eigenvalue weighted by Gasteiger charge is -2.11. The van der Waals surface area contributed by atoms with Crippen LogP contribution >= 0.6 is 0 Å². The van der Waals surface area contributed by atoms with Crippen molar-refractivity contribution < 1.29 is 19.0 Å². The van der Waals surface area contributed by atoms with E-state index in [1.807, 2.05) is 73.7 Å². The van der Waals surface area contributed by atoms with Crippen molar-refractivity contribution in [1.82, 2.24) is 0 Å². The van der Waals surface area contributed by atoms with Crippen molar-refractivity contribution >= 4 is 17.9 Å². The zero-order valence-corrected chi connectivity index (χ0v) is 16.8. The van der Waals surface area contributed by atoms with Gasteiger partial charge in [0, 0.05) is 5.56 Å². The molecule has 3 aromatic rings. The molecule has 3 aromatic carbocycles. The number of ether oxygens (including phenoxy) is 3. The van der Waals surface area contributed by atoms with Gasteiger partial charge in [-0.05, 0) is 47.9 Å². The van der Waals surface area contributed by atoms with Crippen LogP contribution in [0.2, 0.25) is 0 Å². The summed E-state index contributed by atoms with van der Waals surface area (Å²) in [4.78, 5) is 16.7. The van der Waals surface area contributed by atoms with Crippen LogP contribution in [0.15, 0.2) is 83.5 Å². The number of hydrogen-bond donors (Lipinski definition) is 0. The minimum Gasteiger partial charge on any atom is -0.493 e. The van der Waals surface area contributed by atoms with Gasteiger partial charge in [-0.25, -0.2) is 9.79 Å². The standard InChI is InChI=1S/C25H21NO4/c1-17-8-6-7-11-20(17)24-26-21(25(27)30-24)14-19-12-13-22(28-2)23(15-19)29-16-18-9-4-3-5-10-18/h3-15H,16H2,1-2H3/b21-14-. The van der Waals surface area contributed by atoms with Crippen molar-refractivity contribution in [3.05, 3.63) is 101 Å². The Morgan fingerprint density at radius 2 is 1.73 bits per heavy atom. The summed E-state index contributed by atoms with van der Waals surface area (Å²) in [7, 11) is 1.59. The molecule has 0 aliphatic carbocycles. The molecule has 0 aromatic heterocycles. The summed E-state index contributed by atoms with van der Waals surface area (Å²) < 4.78 is 16.7. The minimum absolute atomic E-state index is 0.243. The van der Waals surface area contributed by atoms with Crippen LogP contribution in [-0.2, 0) is 16.1 Å². The van der Waals surface area contributed by atoms with Gasteiger partial charge in [0.15, 0.2) is 17.2 Å². The molecule has 1 aliphatic heterocycles. The summed E-state index contributed by atoms with van der Waals surface area (Å²) in [5.74, 6) is 1.05. The number of aliphatic imine (C=N–C) groups is 1. The summed E-state index contributed by atoms with van der Waals surface area (Å²) >= 11 is 0. The van der Waals surface area contributed by atoms with Crippen molar-refractivity contribution in [1.29, 1.82) is 0 Å². The molecule has 0 fully saturated rings. The van der Waals surface area contributed by atoms with Crippen LogP contribution in [0, 0.1) is 6.92 Å². The van der Waals surface area contributed by atoms with Gasteiger partial charge in [-0.2, -0.15) is 0 Å². The Morgan fingerprint density at radius 1 is 0.967 bits per heavy atom. The molecule has 0 saturated heterocycles. The molecular formula is C25H21NO4. The first-order chi connectivity index (χ1) is 14.6. The smallest absolute Gasteiger partial charge is 0.363 e. The van der Waals surface area contributed by atoms with E-state index in [0.29, 0.717) is 24.0 Å². The van der Waals surface area contributed by atoms with E-state index >= 15 is 0 Å². The van der Waals surface area contributed by atoms with Gasteiger partial charge in [-0.3, -0.25) is 0 Å². The molecule has 0 amide bonds. The Hall–Kier alpha value is -3.86. The van der Waals surface area contributed by atoms with Gasteiger partial charge >= 0.3 is 5.97 Å². The first-order valence-electron chi connectivity index (χ1n) is 9.57. The van der Waals surface area contributed by atoms with Gasteiger partial charge in [0.25, 0.3) is 0 Å². The van der Waals surface area contributed by atoms with E-state index in [1.165, 1.54) is 0 Å². The predicted molar refractivity (Wildman–Crippen MR) is 116 cm³/mol. The topological polar surface area (TPSA) is 57.1 Å². The summed E-state index contributed by atoms with van der Waals surface area (Å²) in [6, 6.07) is 23.0. The summed E-state index contributed by atoms with van der Waals surface area (Å²) in [6.07, 6.45) is 1.68. The lowest BCUT2D eigenvalue weighted by atomic mass is 10.1. The molecule has 0 spiro atoms. The quantitative estimate of drug-likeness (QED) is 0.436. The Balaban J connectivity index is 1.60. The van der Waals surface area contributed by atoms with Crippen LogP contribution in [0.25, 0.3) is 6.08 Å². The summed E-state index contributed by atoms with van der Waals surface area (Å²) in [5.41, 5.74) is 3.85. The lowest BCUT2D eigenvalue weighted by molar-refractivity contribution is -0.129. The third kappa shape index (κ3) is 4.25. The van der Waals surface area contributed by atoms with E-state index in [0.717, 1.165) is 22.3 Å². The average molecular weight is 399 g/mol. The number of hydrogen-bond acceptors (Lipinski definition) is 5. The summed E-state index contributed by atoms with van der Waals surface area (Å²) in [6.45, 7) is 2.36. The van der Waals surface area contributed by atoms with E-state index in [-0.39, 0.29) is 5.70 Å². The normalized spacial score (nSPS) is 14.4. The van der Waals surface area contributed by atoms with E-state index in [4.69, 9.17) is 14.2 Å². The Labute approximate surface area is 175 Å². The van der Waals surface area contributed by atoms with Gasteiger partial charge in [0.2, 0.25) is 5.90 Å².